The average molecular weight is 370 g/mol. The number of nitrogens with one attached hydrogen (secondary N) is 1. The number of rotatable bonds is 9. The molecular weight excluding hydrogens is 338 g/mol. The van der Waals surface area contributed by atoms with Crippen LogP contribution >= 0.6 is 0 Å². The van der Waals surface area contributed by atoms with E-state index in [1.807, 2.05) is 31.2 Å². The van der Waals surface area contributed by atoms with E-state index < -0.39 is 0 Å². The average Bonchev–Trinajstić information content (AvgIpc) is 2.65. The van der Waals surface area contributed by atoms with Crippen molar-refractivity contribution in [2.45, 2.75) is 46.6 Å². The quantitative estimate of drug-likeness (QED) is 0.669. The Balaban J connectivity index is 1.94. The van der Waals surface area contributed by atoms with Gasteiger partial charge >= 0.3 is 0 Å². The maximum atomic E-state index is 12.4. The molecule has 0 aromatic heterocycles. The van der Waals surface area contributed by atoms with Crippen LogP contribution in [0.4, 0.5) is 0 Å². The Bertz CT molecular complexity index is 705. The molecule has 0 saturated carbocycles. The molecule has 2 rings (SSSR count). The molecule has 0 aliphatic carbocycles. The molecule has 1 N–H and O–H groups in total. The number of carbonyl (C=O) groups is 1. The summed E-state index contributed by atoms with van der Waals surface area (Å²) >= 11 is 0. The summed E-state index contributed by atoms with van der Waals surface area (Å²) in [6.45, 7) is 11.1. The first-order chi connectivity index (χ1) is 12.9. The van der Waals surface area contributed by atoms with E-state index in [1.54, 1.807) is 0 Å². The first-order valence-electron chi connectivity index (χ1n) is 9.65. The summed E-state index contributed by atoms with van der Waals surface area (Å²) in [4.78, 5) is 12.4. The molecule has 0 aliphatic rings. The molecule has 0 heterocycles. The second-order valence-corrected chi connectivity index (χ2v) is 7.30. The molecule has 1 unspecified atom stereocenters. The maximum Gasteiger partial charge on any atom is 0.258 e. The molecule has 0 saturated heterocycles. The van der Waals surface area contributed by atoms with Gasteiger partial charge in [0, 0.05) is 0 Å². The molecule has 0 spiro atoms. The Morgan fingerprint density at radius 2 is 1.37 bits per heavy atom. The molecule has 0 aliphatic heterocycles. The van der Waals surface area contributed by atoms with E-state index in [0.717, 1.165) is 11.3 Å². The van der Waals surface area contributed by atoms with Gasteiger partial charge in [-0.15, -0.1) is 0 Å². The van der Waals surface area contributed by atoms with Crippen LogP contribution in [-0.2, 0) is 4.79 Å². The van der Waals surface area contributed by atoms with Gasteiger partial charge in [0.1, 0.15) is 11.5 Å². The van der Waals surface area contributed by atoms with E-state index in [1.165, 1.54) is 5.56 Å². The van der Waals surface area contributed by atoms with Crippen LogP contribution < -0.4 is 14.8 Å². The van der Waals surface area contributed by atoms with Gasteiger partial charge in [-0.25, -0.2) is 0 Å². The predicted molar refractivity (Wildman–Crippen MR) is 109 cm³/mol. The van der Waals surface area contributed by atoms with Crippen molar-refractivity contribution in [2.75, 3.05) is 13.2 Å². The lowest BCUT2D eigenvalue weighted by molar-refractivity contribution is -0.124. The second kappa shape index (κ2) is 10.0. The van der Waals surface area contributed by atoms with Gasteiger partial charge in [-0.1, -0.05) is 52.0 Å². The number of ether oxygens (including phenoxy) is 2. The van der Waals surface area contributed by atoms with Gasteiger partial charge in [0.2, 0.25) is 0 Å². The summed E-state index contributed by atoms with van der Waals surface area (Å²) < 4.78 is 11.0. The van der Waals surface area contributed by atoms with E-state index >= 15 is 0 Å². The van der Waals surface area contributed by atoms with Gasteiger partial charge in [0.05, 0.1) is 12.6 Å². The zero-order valence-corrected chi connectivity index (χ0v) is 17.0. The van der Waals surface area contributed by atoms with Crippen LogP contribution in [0, 0.1) is 5.92 Å². The minimum Gasteiger partial charge on any atom is -0.494 e. The van der Waals surface area contributed by atoms with Crippen molar-refractivity contribution in [1.29, 1.82) is 0 Å². The molecule has 4 heteroatoms. The number of carbonyl (C=O) groups excluding carboxylic acids is 1. The Labute approximate surface area is 162 Å². The van der Waals surface area contributed by atoms with Crippen LogP contribution in [-0.4, -0.2) is 19.1 Å². The van der Waals surface area contributed by atoms with E-state index in [2.05, 4.69) is 57.3 Å². The van der Waals surface area contributed by atoms with Crippen molar-refractivity contribution in [3.63, 3.8) is 0 Å². The van der Waals surface area contributed by atoms with Crippen LogP contribution in [0.2, 0.25) is 0 Å². The number of hydrogen-bond donors (Lipinski definition) is 1. The minimum atomic E-state index is -0.129. The second-order valence-electron chi connectivity index (χ2n) is 7.30. The lowest BCUT2D eigenvalue weighted by Gasteiger charge is -2.23. The highest BCUT2D eigenvalue weighted by Gasteiger charge is 2.18. The first kappa shape index (κ1) is 20.8. The van der Waals surface area contributed by atoms with Crippen LogP contribution in [0.15, 0.2) is 48.5 Å². The predicted octanol–water partition coefficient (Wildman–Crippen LogP) is 5.10. The summed E-state index contributed by atoms with van der Waals surface area (Å²) in [6, 6.07) is 15.7. The van der Waals surface area contributed by atoms with Crippen molar-refractivity contribution < 1.29 is 14.3 Å². The van der Waals surface area contributed by atoms with Gasteiger partial charge < -0.3 is 14.8 Å². The first-order valence-corrected chi connectivity index (χ1v) is 9.65. The Kier molecular flexibility index (Phi) is 7.71. The van der Waals surface area contributed by atoms with Gasteiger partial charge in [0.15, 0.2) is 6.61 Å². The topological polar surface area (TPSA) is 47.6 Å². The largest absolute Gasteiger partial charge is 0.494 e. The van der Waals surface area contributed by atoms with Crippen LogP contribution in [0.5, 0.6) is 11.5 Å². The number of benzene rings is 2. The van der Waals surface area contributed by atoms with Gasteiger partial charge in [0.25, 0.3) is 5.91 Å². The molecule has 2 aromatic rings. The highest BCUT2D eigenvalue weighted by Crippen LogP contribution is 2.24. The zero-order chi connectivity index (χ0) is 19.8. The molecule has 1 atom stereocenters. The molecule has 27 heavy (non-hydrogen) atoms. The monoisotopic (exact) mass is 369 g/mol. The normalized spacial score (nSPS) is 12.1. The Morgan fingerprint density at radius 1 is 0.852 bits per heavy atom. The molecule has 2 aromatic carbocycles. The fourth-order valence-corrected chi connectivity index (χ4v) is 2.89. The fraction of sp³-hybridized carbons (Fsp3) is 0.435. The number of hydrogen-bond acceptors (Lipinski definition) is 3. The van der Waals surface area contributed by atoms with Gasteiger partial charge in [-0.2, -0.15) is 0 Å². The van der Waals surface area contributed by atoms with Crippen LogP contribution in [0.3, 0.4) is 0 Å². The highest BCUT2D eigenvalue weighted by atomic mass is 16.5. The third kappa shape index (κ3) is 6.31. The van der Waals surface area contributed by atoms with E-state index in [-0.39, 0.29) is 24.5 Å². The van der Waals surface area contributed by atoms with Crippen molar-refractivity contribution >= 4 is 5.91 Å². The van der Waals surface area contributed by atoms with Gasteiger partial charge in [-0.05, 0) is 54.2 Å². The molecule has 0 bridgehead atoms. The summed E-state index contributed by atoms with van der Waals surface area (Å²) in [5.41, 5.74) is 2.41. The molecular formula is C23H31NO3. The molecule has 0 fully saturated rings. The van der Waals surface area contributed by atoms with Crippen molar-refractivity contribution in [1.82, 2.24) is 5.32 Å². The van der Waals surface area contributed by atoms with E-state index in [9.17, 15) is 4.79 Å². The lowest BCUT2D eigenvalue weighted by Crippen LogP contribution is -2.35. The van der Waals surface area contributed by atoms with E-state index in [4.69, 9.17) is 9.47 Å². The van der Waals surface area contributed by atoms with Crippen molar-refractivity contribution in [3.8, 4) is 11.5 Å². The Morgan fingerprint density at radius 3 is 1.85 bits per heavy atom. The summed E-state index contributed by atoms with van der Waals surface area (Å²) in [5.74, 6) is 2.09. The SMILES string of the molecule is CCOc1ccc(OCC(=O)NC(c2ccc(C(C)C)cc2)C(C)C)cc1. The third-order valence-corrected chi connectivity index (χ3v) is 4.45. The highest BCUT2D eigenvalue weighted by molar-refractivity contribution is 5.78. The van der Waals surface area contributed by atoms with Crippen molar-refractivity contribution in [2.24, 2.45) is 5.92 Å². The zero-order valence-electron chi connectivity index (χ0n) is 17.0. The maximum absolute atomic E-state index is 12.4. The minimum absolute atomic E-state index is 0.0126. The molecule has 4 nitrogen and oxygen atoms in total. The summed E-state index contributed by atoms with van der Waals surface area (Å²) in [7, 11) is 0. The molecule has 1 amide bonds. The fourth-order valence-electron chi connectivity index (χ4n) is 2.89. The third-order valence-electron chi connectivity index (χ3n) is 4.45. The smallest absolute Gasteiger partial charge is 0.258 e. The summed E-state index contributed by atoms with van der Waals surface area (Å²) in [6.07, 6.45) is 0. The van der Waals surface area contributed by atoms with Crippen LogP contribution in [0.25, 0.3) is 0 Å². The molecule has 146 valence electrons. The Hall–Kier alpha value is -2.49. The molecule has 0 radical (unpaired) electrons. The summed E-state index contributed by atoms with van der Waals surface area (Å²) in [5, 5.41) is 3.09. The standard InChI is InChI=1S/C23H31NO3/c1-6-26-20-11-13-21(14-12-20)27-15-22(25)24-23(17(4)5)19-9-7-18(8-10-19)16(2)3/h7-14,16-17,23H,6,15H2,1-5H3,(H,24,25). The van der Waals surface area contributed by atoms with E-state index in [0.29, 0.717) is 18.3 Å². The number of amides is 1. The van der Waals surface area contributed by atoms with Crippen LogP contribution in [0.1, 0.15) is 57.7 Å². The van der Waals surface area contributed by atoms with Crippen molar-refractivity contribution in [3.05, 3.63) is 59.7 Å². The lowest BCUT2D eigenvalue weighted by atomic mass is 9.93. The van der Waals surface area contributed by atoms with Gasteiger partial charge in [-0.3, -0.25) is 4.79 Å².